The summed E-state index contributed by atoms with van der Waals surface area (Å²) >= 11 is 0. The van der Waals surface area contributed by atoms with Gasteiger partial charge in [0.15, 0.2) is 0 Å². The molecule has 98 valence electrons. The van der Waals surface area contributed by atoms with E-state index in [2.05, 4.69) is 23.8 Å². The maximum absolute atomic E-state index is 5.51. The first-order chi connectivity index (χ1) is 8.24. The Balaban J connectivity index is 1.57. The molecule has 0 amide bonds. The minimum absolute atomic E-state index is 0.720. The summed E-state index contributed by atoms with van der Waals surface area (Å²) < 4.78 is 5.51. The molecule has 1 unspecified atom stereocenters. The van der Waals surface area contributed by atoms with Crippen LogP contribution >= 0.6 is 0 Å². The monoisotopic (exact) mass is 238 g/mol. The third-order valence-corrected chi connectivity index (χ3v) is 3.54. The predicted molar refractivity (Wildman–Crippen MR) is 71.2 cm³/mol. The van der Waals surface area contributed by atoms with Crippen molar-refractivity contribution in [2.45, 2.75) is 31.7 Å². The fraction of sp³-hybridized carbons (Fsp3) is 0.857. The van der Waals surface area contributed by atoms with Gasteiger partial charge < -0.3 is 15.0 Å². The van der Waals surface area contributed by atoms with Crippen LogP contribution in [0.25, 0.3) is 0 Å². The molecule has 2 aliphatic rings. The van der Waals surface area contributed by atoms with Gasteiger partial charge in [-0.2, -0.15) is 0 Å². The summed E-state index contributed by atoms with van der Waals surface area (Å²) in [6.07, 6.45) is 5.24. The molecule has 2 fully saturated rings. The number of ether oxygens (including phenoxy) is 1. The van der Waals surface area contributed by atoms with Crippen molar-refractivity contribution >= 4 is 0 Å². The summed E-state index contributed by atoms with van der Waals surface area (Å²) in [5, 5.41) is 3.51. The summed E-state index contributed by atoms with van der Waals surface area (Å²) in [4.78, 5) is 2.39. The second kappa shape index (κ2) is 6.53. The molecule has 1 atom stereocenters. The van der Waals surface area contributed by atoms with Crippen LogP contribution in [0.15, 0.2) is 12.2 Å². The SMILES string of the molecule is C=C(CNC1CC1)CN(C)CC1CCCOC1. The van der Waals surface area contributed by atoms with Crippen LogP contribution in [-0.4, -0.2) is 50.8 Å². The van der Waals surface area contributed by atoms with Gasteiger partial charge >= 0.3 is 0 Å². The molecule has 0 radical (unpaired) electrons. The lowest BCUT2D eigenvalue weighted by Crippen LogP contribution is -2.33. The normalized spacial score (nSPS) is 25.2. The van der Waals surface area contributed by atoms with Crippen LogP contribution in [-0.2, 0) is 4.74 Å². The quantitative estimate of drug-likeness (QED) is 0.683. The number of hydrogen-bond acceptors (Lipinski definition) is 3. The highest BCUT2D eigenvalue weighted by atomic mass is 16.5. The van der Waals surface area contributed by atoms with E-state index in [-0.39, 0.29) is 0 Å². The van der Waals surface area contributed by atoms with Gasteiger partial charge in [-0.05, 0) is 44.2 Å². The summed E-state index contributed by atoms with van der Waals surface area (Å²) in [6.45, 7) is 9.18. The average Bonchev–Trinajstić information content (AvgIpc) is 3.11. The Morgan fingerprint density at radius 1 is 1.41 bits per heavy atom. The molecule has 1 aliphatic carbocycles. The van der Waals surface area contributed by atoms with Gasteiger partial charge in [0.2, 0.25) is 0 Å². The minimum Gasteiger partial charge on any atom is -0.381 e. The molecule has 1 saturated heterocycles. The lowest BCUT2D eigenvalue weighted by Gasteiger charge is -2.27. The smallest absolute Gasteiger partial charge is 0.0506 e. The highest BCUT2D eigenvalue weighted by molar-refractivity contribution is 5.01. The van der Waals surface area contributed by atoms with Crippen LogP contribution in [0, 0.1) is 5.92 Å². The molecule has 1 N–H and O–H groups in total. The first-order valence-corrected chi connectivity index (χ1v) is 6.90. The number of nitrogens with one attached hydrogen (secondary N) is 1. The van der Waals surface area contributed by atoms with Crippen LogP contribution in [0.1, 0.15) is 25.7 Å². The maximum Gasteiger partial charge on any atom is 0.0506 e. The van der Waals surface area contributed by atoms with Crippen molar-refractivity contribution in [1.82, 2.24) is 10.2 Å². The number of rotatable bonds is 7. The van der Waals surface area contributed by atoms with Gasteiger partial charge in [-0.1, -0.05) is 6.58 Å². The third kappa shape index (κ3) is 5.19. The van der Waals surface area contributed by atoms with E-state index in [0.29, 0.717) is 0 Å². The van der Waals surface area contributed by atoms with E-state index < -0.39 is 0 Å². The van der Waals surface area contributed by atoms with Crippen LogP contribution in [0.5, 0.6) is 0 Å². The zero-order valence-electron chi connectivity index (χ0n) is 11.1. The maximum atomic E-state index is 5.51. The summed E-state index contributed by atoms with van der Waals surface area (Å²) in [7, 11) is 2.19. The zero-order chi connectivity index (χ0) is 12.1. The molecule has 0 aromatic carbocycles. The van der Waals surface area contributed by atoms with E-state index in [0.717, 1.165) is 44.8 Å². The predicted octanol–water partition coefficient (Wildman–Crippen LogP) is 1.65. The van der Waals surface area contributed by atoms with Crippen LogP contribution in [0.4, 0.5) is 0 Å². The Morgan fingerprint density at radius 2 is 2.24 bits per heavy atom. The molecule has 0 bridgehead atoms. The van der Waals surface area contributed by atoms with Gasteiger partial charge in [-0.15, -0.1) is 0 Å². The average molecular weight is 238 g/mol. The highest BCUT2D eigenvalue weighted by Crippen LogP contribution is 2.19. The molecular formula is C14H26N2O. The first-order valence-electron chi connectivity index (χ1n) is 6.90. The Bertz CT molecular complexity index is 245. The summed E-state index contributed by atoms with van der Waals surface area (Å²) in [6, 6.07) is 0.781. The fourth-order valence-corrected chi connectivity index (χ4v) is 2.47. The molecular weight excluding hydrogens is 212 g/mol. The molecule has 3 nitrogen and oxygen atoms in total. The lowest BCUT2D eigenvalue weighted by molar-refractivity contribution is 0.0431. The second-order valence-electron chi connectivity index (χ2n) is 5.69. The van der Waals surface area contributed by atoms with Crippen molar-refractivity contribution < 1.29 is 4.74 Å². The second-order valence-corrected chi connectivity index (χ2v) is 5.69. The Morgan fingerprint density at radius 3 is 2.88 bits per heavy atom. The fourth-order valence-electron chi connectivity index (χ4n) is 2.47. The molecule has 0 aromatic rings. The number of hydrogen-bond donors (Lipinski definition) is 1. The molecule has 17 heavy (non-hydrogen) atoms. The van der Waals surface area contributed by atoms with E-state index in [1.54, 1.807) is 0 Å². The third-order valence-electron chi connectivity index (χ3n) is 3.54. The molecule has 2 rings (SSSR count). The standard InChI is InChI=1S/C14H26N2O/c1-12(8-15-14-5-6-14)9-16(2)10-13-4-3-7-17-11-13/h13-15H,1,3-11H2,2H3. The van der Waals surface area contributed by atoms with Crippen molar-refractivity contribution in [2.75, 3.05) is 39.9 Å². The van der Waals surface area contributed by atoms with E-state index in [9.17, 15) is 0 Å². The van der Waals surface area contributed by atoms with Crippen molar-refractivity contribution in [3.63, 3.8) is 0 Å². The molecule has 1 aliphatic heterocycles. The summed E-state index contributed by atoms with van der Waals surface area (Å²) in [5.41, 5.74) is 1.30. The topological polar surface area (TPSA) is 24.5 Å². The first kappa shape index (κ1) is 13.1. The van der Waals surface area contributed by atoms with Gasteiger partial charge in [-0.25, -0.2) is 0 Å². The minimum atomic E-state index is 0.720. The van der Waals surface area contributed by atoms with Gasteiger partial charge in [-0.3, -0.25) is 0 Å². The molecule has 1 saturated carbocycles. The molecule has 1 heterocycles. The van der Waals surface area contributed by atoms with E-state index in [1.165, 1.54) is 31.3 Å². The van der Waals surface area contributed by atoms with Gasteiger partial charge in [0.25, 0.3) is 0 Å². The van der Waals surface area contributed by atoms with E-state index >= 15 is 0 Å². The molecule has 0 aromatic heterocycles. The summed E-state index contributed by atoms with van der Waals surface area (Å²) in [5.74, 6) is 0.720. The largest absolute Gasteiger partial charge is 0.381 e. The number of likely N-dealkylation sites (N-methyl/N-ethyl adjacent to an activating group) is 1. The number of nitrogens with zero attached hydrogens (tertiary/aromatic N) is 1. The van der Waals surface area contributed by atoms with Gasteiger partial charge in [0, 0.05) is 32.3 Å². The van der Waals surface area contributed by atoms with Gasteiger partial charge in [0.1, 0.15) is 0 Å². The van der Waals surface area contributed by atoms with Crippen LogP contribution < -0.4 is 5.32 Å². The molecule has 0 spiro atoms. The Kier molecular flexibility index (Phi) is 5.01. The van der Waals surface area contributed by atoms with Crippen LogP contribution in [0.3, 0.4) is 0 Å². The van der Waals surface area contributed by atoms with Crippen molar-refractivity contribution in [2.24, 2.45) is 5.92 Å². The van der Waals surface area contributed by atoms with Crippen molar-refractivity contribution in [1.29, 1.82) is 0 Å². The lowest BCUT2D eigenvalue weighted by atomic mass is 10.0. The Hall–Kier alpha value is -0.380. The zero-order valence-corrected chi connectivity index (χ0v) is 11.1. The van der Waals surface area contributed by atoms with Gasteiger partial charge in [0.05, 0.1) is 6.61 Å². The van der Waals surface area contributed by atoms with Crippen LogP contribution in [0.2, 0.25) is 0 Å². The van der Waals surface area contributed by atoms with E-state index in [4.69, 9.17) is 4.74 Å². The van der Waals surface area contributed by atoms with Crippen molar-refractivity contribution in [3.05, 3.63) is 12.2 Å². The molecule has 3 heteroatoms. The van der Waals surface area contributed by atoms with Crippen molar-refractivity contribution in [3.8, 4) is 0 Å². The Labute approximate surface area is 105 Å². The highest BCUT2D eigenvalue weighted by Gasteiger charge is 2.20. The van der Waals surface area contributed by atoms with E-state index in [1.807, 2.05) is 0 Å².